The fraction of sp³-hybridized carbons (Fsp3) is 0.478. The molecule has 0 aromatic carbocycles. The molecule has 0 aromatic heterocycles. The van der Waals surface area contributed by atoms with Gasteiger partial charge in [-0.3, -0.25) is 4.79 Å². The molecule has 4 heteroatoms. The van der Waals surface area contributed by atoms with Crippen molar-refractivity contribution < 1.29 is 9.59 Å². The summed E-state index contributed by atoms with van der Waals surface area (Å²) in [6, 6.07) is 2.00. The second-order valence-corrected chi connectivity index (χ2v) is 8.28. The first-order valence-corrected chi connectivity index (χ1v) is 9.21. The largest absolute Gasteiger partial charge is 0.307 e. The Balaban J connectivity index is 2.31. The third kappa shape index (κ3) is 2.50. The van der Waals surface area contributed by atoms with Crippen LogP contribution < -0.4 is 0 Å². The Labute approximate surface area is 160 Å². The molecule has 136 valence electrons. The Bertz CT molecular complexity index is 984. The van der Waals surface area contributed by atoms with E-state index in [4.69, 9.17) is 6.57 Å². The predicted octanol–water partition coefficient (Wildman–Crippen LogP) is 4.17. The molecule has 0 heterocycles. The average molecular weight is 358 g/mol. The maximum absolute atomic E-state index is 12.8. The predicted molar refractivity (Wildman–Crippen MR) is 102 cm³/mol. The van der Waals surface area contributed by atoms with Gasteiger partial charge in [-0.1, -0.05) is 39.7 Å². The van der Waals surface area contributed by atoms with Gasteiger partial charge in [0.15, 0.2) is 11.6 Å². The van der Waals surface area contributed by atoms with Gasteiger partial charge in [0.1, 0.15) is 6.07 Å². The van der Waals surface area contributed by atoms with E-state index < -0.39 is 16.2 Å². The van der Waals surface area contributed by atoms with Crippen molar-refractivity contribution in [2.24, 2.45) is 22.2 Å². The number of fused-ring (bicyclic) bond motifs is 3. The van der Waals surface area contributed by atoms with E-state index >= 15 is 0 Å². The molecule has 3 atom stereocenters. The van der Waals surface area contributed by atoms with Gasteiger partial charge >= 0.3 is 0 Å². The van der Waals surface area contributed by atoms with E-state index in [1.807, 2.05) is 33.8 Å². The van der Waals surface area contributed by atoms with E-state index in [0.29, 0.717) is 12.8 Å². The molecule has 0 aromatic rings. The number of carbonyl (C=O) groups excluding carboxylic acids is 2. The molecule has 0 saturated heterocycles. The molecule has 27 heavy (non-hydrogen) atoms. The van der Waals surface area contributed by atoms with Gasteiger partial charge in [0.2, 0.25) is 5.70 Å². The van der Waals surface area contributed by atoms with Crippen LogP contribution in [0.5, 0.6) is 0 Å². The summed E-state index contributed by atoms with van der Waals surface area (Å²) in [6.07, 6.45) is 7.05. The van der Waals surface area contributed by atoms with Gasteiger partial charge in [-0.25, -0.2) is 4.85 Å². The Morgan fingerprint density at radius 2 is 2.00 bits per heavy atom. The number of hydrogen-bond acceptors (Lipinski definition) is 3. The van der Waals surface area contributed by atoms with Crippen LogP contribution in [-0.2, 0) is 9.59 Å². The van der Waals surface area contributed by atoms with E-state index in [1.54, 1.807) is 18.2 Å². The van der Waals surface area contributed by atoms with Gasteiger partial charge in [-0.15, -0.1) is 5.92 Å². The number of rotatable bonds is 0. The molecule has 3 aliphatic rings. The van der Waals surface area contributed by atoms with Crippen LogP contribution in [-0.4, -0.2) is 11.6 Å². The number of hydrogen-bond donors (Lipinski definition) is 0. The zero-order valence-corrected chi connectivity index (χ0v) is 16.1. The van der Waals surface area contributed by atoms with Crippen molar-refractivity contribution >= 4 is 11.6 Å². The Morgan fingerprint density at radius 3 is 2.59 bits per heavy atom. The second-order valence-electron chi connectivity index (χ2n) is 8.28. The molecule has 1 saturated carbocycles. The highest BCUT2D eigenvalue weighted by molar-refractivity contribution is 6.09. The van der Waals surface area contributed by atoms with Crippen molar-refractivity contribution in [1.29, 1.82) is 5.26 Å². The van der Waals surface area contributed by atoms with Crippen molar-refractivity contribution in [3.63, 3.8) is 0 Å². The molecule has 0 spiro atoms. The molecule has 1 fully saturated rings. The van der Waals surface area contributed by atoms with E-state index in [-0.39, 0.29) is 28.8 Å². The van der Waals surface area contributed by atoms with Crippen molar-refractivity contribution in [3.8, 4) is 17.9 Å². The third-order valence-corrected chi connectivity index (χ3v) is 6.40. The molecule has 0 radical (unpaired) electrons. The van der Waals surface area contributed by atoms with E-state index in [9.17, 15) is 14.9 Å². The maximum atomic E-state index is 12.8. The first-order valence-electron chi connectivity index (χ1n) is 9.21. The first-order chi connectivity index (χ1) is 12.7. The lowest BCUT2D eigenvalue weighted by atomic mass is 9.46. The van der Waals surface area contributed by atoms with Crippen LogP contribution in [0.25, 0.3) is 4.85 Å². The lowest BCUT2D eigenvalue weighted by Gasteiger charge is -2.56. The standard InChI is InChI=1S/C23H22N2O2/c1-6-7-9-23-10-8-18-21(2,3)20(27)16(25-5)13-22(18,4)19(23)11-17(26)15(12-23)14-24/h11-13,18H,6,8,10H2,1-4H3. The zero-order valence-electron chi connectivity index (χ0n) is 16.1. The molecular formula is C23H22N2O2. The molecule has 0 aliphatic heterocycles. The summed E-state index contributed by atoms with van der Waals surface area (Å²) in [5, 5.41) is 9.37. The highest BCUT2D eigenvalue weighted by Crippen LogP contribution is 2.63. The minimum absolute atomic E-state index is 0.0318. The summed E-state index contributed by atoms with van der Waals surface area (Å²) in [5.41, 5.74) is -0.964. The molecule has 0 amide bonds. The Kier molecular flexibility index (Phi) is 4.25. The van der Waals surface area contributed by atoms with Crippen LogP contribution in [0.1, 0.15) is 47.0 Å². The lowest BCUT2D eigenvalue weighted by molar-refractivity contribution is -0.130. The minimum Gasteiger partial charge on any atom is -0.307 e. The van der Waals surface area contributed by atoms with Crippen LogP contribution in [0, 0.1) is 51.9 Å². The van der Waals surface area contributed by atoms with Crippen LogP contribution >= 0.6 is 0 Å². The van der Waals surface area contributed by atoms with Gasteiger partial charge in [0, 0.05) is 17.3 Å². The number of nitriles is 1. The molecule has 3 rings (SSSR count). The topological polar surface area (TPSA) is 62.3 Å². The molecule has 0 bridgehead atoms. The molecular weight excluding hydrogens is 336 g/mol. The van der Waals surface area contributed by atoms with Crippen LogP contribution in [0.4, 0.5) is 0 Å². The van der Waals surface area contributed by atoms with Crippen molar-refractivity contribution in [1.82, 2.24) is 0 Å². The van der Waals surface area contributed by atoms with Gasteiger partial charge in [0.25, 0.3) is 0 Å². The average Bonchev–Trinajstić information content (AvgIpc) is 2.63. The van der Waals surface area contributed by atoms with Crippen LogP contribution in [0.15, 0.2) is 35.1 Å². The normalized spacial score (nSPS) is 33.7. The quantitative estimate of drug-likeness (QED) is 0.482. The zero-order chi connectivity index (χ0) is 20.0. The fourth-order valence-electron chi connectivity index (χ4n) is 5.14. The van der Waals surface area contributed by atoms with E-state index in [2.05, 4.69) is 16.7 Å². The third-order valence-electron chi connectivity index (χ3n) is 6.40. The highest BCUT2D eigenvalue weighted by Gasteiger charge is 2.59. The molecule has 3 unspecified atom stereocenters. The van der Waals surface area contributed by atoms with Crippen LogP contribution in [0.3, 0.4) is 0 Å². The van der Waals surface area contributed by atoms with E-state index in [1.165, 1.54) is 0 Å². The molecule has 3 aliphatic carbocycles. The summed E-state index contributed by atoms with van der Waals surface area (Å²) >= 11 is 0. The van der Waals surface area contributed by atoms with Gasteiger partial charge < -0.3 is 4.79 Å². The minimum atomic E-state index is -0.698. The fourth-order valence-corrected chi connectivity index (χ4v) is 5.14. The Hall–Kier alpha value is -2.90. The lowest BCUT2D eigenvalue weighted by Crippen LogP contribution is -2.53. The van der Waals surface area contributed by atoms with Crippen molar-refractivity contribution in [3.05, 3.63) is 46.5 Å². The number of carbonyl (C=O) groups is 2. The smallest absolute Gasteiger partial charge is 0.226 e. The number of nitrogens with zero attached hydrogens (tertiary/aromatic N) is 2. The highest BCUT2D eigenvalue weighted by atomic mass is 16.1. The summed E-state index contributed by atoms with van der Waals surface area (Å²) < 4.78 is 0. The first kappa shape index (κ1) is 18.9. The second kappa shape index (κ2) is 6.07. The SMILES string of the molecule is [C-]#[N+]C1=CC2(C)C3=CC(=O)C(C#N)=CC3(C#CCC)CCC2C(C)(C)C1=O. The Morgan fingerprint density at radius 1 is 1.30 bits per heavy atom. The molecule has 0 N–H and O–H groups in total. The number of Topliss-reactive ketones (excluding diaryl/α,β-unsaturated/α-hetero) is 1. The van der Waals surface area contributed by atoms with Crippen LogP contribution in [0.2, 0.25) is 0 Å². The molecule has 4 nitrogen and oxygen atoms in total. The van der Waals surface area contributed by atoms with E-state index in [0.717, 1.165) is 12.0 Å². The monoisotopic (exact) mass is 358 g/mol. The summed E-state index contributed by atoms with van der Waals surface area (Å²) in [7, 11) is 0. The van der Waals surface area contributed by atoms with Gasteiger partial charge in [-0.2, -0.15) is 5.26 Å². The summed E-state index contributed by atoms with van der Waals surface area (Å²) in [4.78, 5) is 28.8. The van der Waals surface area contributed by atoms with Gasteiger partial charge in [0.05, 0.1) is 17.6 Å². The van der Waals surface area contributed by atoms with Crippen molar-refractivity contribution in [2.45, 2.75) is 47.0 Å². The van der Waals surface area contributed by atoms with Gasteiger partial charge in [-0.05, 0) is 36.5 Å². The number of ketones is 2. The number of allylic oxidation sites excluding steroid dienone is 6. The summed E-state index contributed by atoms with van der Waals surface area (Å²) in [6.45, 7) is 15.2. The van der Waals surface area contributed by atoms with Crippen molar-refractivity contribution in [2.75, 3.05) is 0 Å². The maximum Gasteiger partial charge on any atom is 0.226 e. The summed E-state index contributed by atoms with van der Waals surface area (Å²) in [5.74, 6) is 5.95.